The van der Waals surface area contributed by atoms with Gasteiger partial charge in [0.15, 0.2) is 0 Å². The summed E-state index contributed by atoms with van der Waals surface area (Å²) in [6.07, 6.45) is 19.2. The maximum absolute atomic E-state index is 2.50. The van der Waals surface area contributed by atoms with Crippen LogP contribution in [0.15, 0.2) is 109 Å². The summed E-state index contributed by atoms with van der Waals surface area (Å²) in [6.45, 7) is 4.63. The largest absolute Gasteiger partial charge is 0.290 e. The first kappa shape index (κ1) is 29.6. The lowest BCUT2D eigenvalue weighted by atomic mass is 9.86. The first-order valence-electron chi connectivity index (χ1n) is 16.6. The number of likely N-dealkylation sites (N-methyl/N-ethyl adjacent to an activating group) is 2. The number of hydrogen-bond donors (Lipinski definition) is 0. The molecular formula is C41H50N2+2. The molecule has 0 saturated carbocycles. The molecule has 222 valence electrons. The monoisotopic (exact) mass is 570 g/mol. The van der Waals surface area contributed by atoms with Crippen LogP contribution in [-0.2, 0) is 0 Å². The van der Waals surface area contributed by atoms with Crippen molar-refractivity contribution in [2.45, 2.75) is 70.3 Å². The molecule has 0 N–H and O–H groups in total. The molecule has 3 atom stereocenters. The van der Waals surface area contributed by atoms with Crippen LogP contribution in [0.4, 0.5) is 11.4 Å². The third-order valence-electron chi connectivity index (χ3n) is 10.5. The van der Waals surface area contributed by atoms with E-state index in [-0.39, 0.29) is 0 Å². The minimum absolute atomic E-state index is 0.427. The van der Waals surface area contributed by atoms with Gasteiger partial charge in [0.05, 0.1) is 34.1 Å². The summed E-state index contributed by atoms with van der Waals surface area (Å²) in [7, 11) is 9.54. The second-order valence-electron chi connectivity index (χ2n) is 13.7. The zero-order valence-corrected chi connectivity index (χ0v) is 27.2. The molecule has 43 heavy (non-hydrogen) atoms. The highest BCUT2D eigenvalue weighted by atomic mass is 15.4. The fourth-order valence-corrected chi connectivity index (χ4v) is 8.26. The van der Waals surface area contributed by atoms with Gasteiger partial charge >= 0.3 is 0 Å². The maximum Gasteiger partial charge on any atom is 0.141 e. The van der Waals surface area contributed by atoms with Gasteiger partial charge in [-0.1, -0.05) is 106 Å². The average Bonchev–Trinajstić information content (AvgIpc) is 3.37. The molecule has 0 amide bonds. The third kappa shape index (κ3) is 5.09. The van der Waals surface area contributed by atoms with E-state index in [9.17, 15) is 0 Å². The van der Waals surface area contributed by atoms with Crippen molar-refractivity contribution in [3.8, 4) is 0 Å². The Bertz CT molecular complexity index is 1720. The molecule has 0 aliphatic carbocycles. The fourth-order valence-electron chi connectivity index (χ4n) is 8.26. The Kier molecular flexibility index (Phi) is 8.20. The van der Waals surface area contributed by atoms with Gasteiger partial charge in [-0.25, -0.2) is 0 Å². The summed E-state index contributed by atoms with van der Waals surface area (Å²) in [5, 5.41) is 5.58. The van der Waals surface area contributed by atoms with Crippen molar-refractivity contribution in [2.75, 3.05) is 28.2 Å². The average molecular weight is 571 g/mol. The van der Waals surface area contributed by atoms with Crippen LogP contribution in [0.3, 0.4) is 0 Å². The van der Waals surface area contributed by atoms with Gasteiger partial charge in [0.2, 0.25) is 0 Å². The Morgan fingerprint density at radius 3 is 1.91 bits per heavy atom. The molecule has 0 radical (unpaired) electrons. The maximum atomic E-state index is 2.50. The van der Waals surface area contributed by atoms with Crippen LogP contribution in [0.25, 0.3) is 21.5 Å². The van der Waals surface area contributed by atoms with Crippen molar-refractivity contribution < 1.29 is 0 Å². The number of rotatable bonds is 9. The highest BCUT2D eigenvalue weighted by Crippen LogP contribution is 2.52. The van der Waals surface area contributed by atoms with E-state index in [1.165, 1.54) is 77.1 Å². The number of benzene rings is 4. The van der Waals surface area contributed by atoms with Gasteiger partial charge in [-0.3, -0.25) is 8.97 Å². The molecule has 0 aromatic heterocycles. The predicted molar refractivity (Wildman–Crippen MR) is 190 cm³/mol. The normalized spacial score (nSPS) is 23.2. The van der Waals surface area contributed by atoms with E-state index in [1.54, 1.807) is 11.1 Å². The quantitative estimate of drug-likeness (QED) is 0.139. The number of nitrogens with zero attached hydrogens (tertiary/aromatic N) is 2. The van der Waals surface area contributed by atoms with Gasteiger partial charge in [0.1, 0.15) is 23.1 Å². The smallest absolute Gasteiger partial charge is 0.141 e. The van der Waals surface area contributed by atoms with Gasteiger partial charge in [-0.15, -0.1) is 0 Å². The van der Waals surface area contributed by atoms with Crippen LogP contribution in [0.2, 0.25) is 0 Å². The van der Waals surface area contributed by atoms with Crippen molar-refractivity contribution in [3.63, 3.8) is 0 Å². The Morgan fingerprint density at radius 1 is 0.628 bits per heavy atom. The molecule has 4 aromatic rings. The lowest BCUT2D eigenvalue weighted by Gasteiger charge is -2.32. The van der Waals surface area contributed by atoms with Crippen molar-refractivity contribution in [1.29, 1.82) is 0 Å². The van der Waals surface area contributed by atoms with E-state index < -0.39 is 0 Å². The molecule has 0 bridgehead atoms. The molecule has 2 heterocycles. The van der Waals surface area contributed by atoms with Gasteiger partial charge in [-0.05, 0) is 58.7 Å². The van der Waals surface area contributed by atoms with Crippen molar-refractivity contribution in [1.82, 2.24) is 8.97 Å². The number of quaternary nitrogens is 2. The van der Waals surface area contributed by atoms with Gasteiger partial charge in [-0.2, -0.15) is 0 Å². The van der Waals surface area contributed by atoms with Crippen LogP contribution in [0, 0.1) is 0 Å². The van der Waals surface area contributed by atoms with E-state index in [2.05, 4.69) is 145 Å². The van der Waals surface area contributed by atoms with Crippen LogP contribution in [0.5, 0.6) is 0 Å². The van der Waals surface area contributed by atoms with Gasteiger partial charge < -0.3 is 0 Å². The van der Waals surface area contributed by atoms with Gasteiger partial charge in [0, 0.05) is 29.2 Å². The fraction of sp³-hybridized carbons (Fsp3) is 0.366. The Balaban J connectivity index is 1.32. The van der Waals surface area contributed by atoms with Crippen LogP contribution >= 0.6 is 0 Å². The second kappa shape index (κ2) is 11.9. The standard InChI is InChI=1S/C41H50N2/c1-7-9-20-34-36(42(3,4)38-28-26-30-18-14-16-22-32(30)40(34)38)24-12-11-13-25-37-35(21-10-8-2)41-33-23-17-15-19-31(33)27-29-39(41)43(37,5)6/h11-19,22-29,34-36H,7-10,20-21H2,1-6H3/q+2. The number of unbranched alkanes of at least 4 members (excludes halogenated alkanes) is 2. The summed E-state index contributed by atoms with van der Waals surface area (Å²) in [5.41, 5.74) is 7.55. The summed E-state index contributed by atoms with van der Waals surface area (Å²) in [5.74, 6) is 0.988. The Labute approximate surface area is 259 Å². The number of hydrogen-bond acceptors (Lipinski definition) is 0. The predicted octanol–water partition coefficient (Wildman–Crippen LogP) is 10.8. The minimum atomic E-state index is 0.427. The molecule has 2 heteroatoms. The number of fused-ring (bicyclic) bond motifs is 6. The van der Waals surface area contributed by atoms with Crippen molar-refractivity contribution in [3.05, 3.63) is 120 Å². The summed E-state index contributed by atoms with van der Waals surface area (Å²) >= 11 is 0. The minimum Gasteiger partial charge on any atom is -0.290 e. The molecule has 0 saturated heterocycles. The first-order valence-corrected chi connectivity index (χ1v) is 16.6. The van der Waals surface area contributed by atoms with E-state index in [1.807, 2.05) is 0 Å². The summed E-state index contributed by atoms with van der Waals surface area (Å²) in [4.78, 5) is 0. The van der Waals surface area contributed by atoms with Crippen LogP contribution in [0.1, 0.15) is 75.3 Å². The highest BCUT2D eigenvalue weighted by Gasteiger charge is 2.47. The van der Waals surface area contributed by atoms with Crippen molar-refractivity contribution >= 4 is 32.9 Å². The molecular weight excluding hydrogens is 520 g/mol. The third-order valence-corrected chi connectivity index (χ3v) is 10.5. The molecule has 6 rings (SSSR count). The Morgan fingerprint density at radius 2 is 1.23 bits per heavy atom. The molecule has 2 aliphatic heterocycles. The zero-order valence-electron chi connectivity index (χ0n) is 27.2. The van der Waals surface area contributed by atoms with Crippen LogP contribution < -0.4 is 8.97 Å². The first-order chi connectivity index (χ1) is 20.8. The summed E-state index contributed by atoms with van der Waals surface area (Å²) < 4.78 is 1.74. The van der Waals surface area contributed by atoms with E-state index in [0.717, 1.165) is 8.97 Å². The molecule has 4 aromatic carbocycles. The molecule has 0 fully saturated rings. The number of allylic oxidation sites excluding steroid dienone is 5. The van der Waals surface area contributed by atoms with E-state index in [0.29, 0.717) is 17.9 Å². The van der Waals surface area contributed by atoms with Crippen LogP contribution in [-0.4, -0.2) is 34.2 Å². The Hall–Kier alpha value is -3.46. The second-order valence-corrected chi connectivity index (χ2v) is 13.7. The summed E-state index contributed by atoms with van der Waals surface area (Å²) in [6, 6.07) is 27.7. The van der Waals surface area contributed by atoms with E-state index in [4.69, 9.17) is 0 Å². The molecule has 0 spiro atoms. The van der Waals surface area contributed by atoms with Crippen molar-refractivity contribution in [2.24, 2.45) is 0 Å². The SMILES string of the molecule is CCCCC1C(=CC=CC=CC2C(CCCC)c3c(ccc4ccccc34)[N+]2(C)C)[N+](C)(C)c2ccc3ccccc3c21. The molecule has 3 unspecified atom stereocenters. The molecule has 2 nitrogen and oxygen atoms in total. The lowest BCUT2D eigenvalue weighted by molar-refractivity contribution is 0.323. The lowest BCUT2D eigenvalue weighted by Crippen LogP contribution is -2.47. The topological polar surface area (TPSA) is 0 Å². The highest BCUT2D eigenvalue weighted by molar-refractivity contribution is 5.93. The van der Waals surface area contributed by atoms with E-state index >= 15 is 0 Å². The van der Waals surface area contributed by atoms with Gasteiger partial charge in [0.25, 0.3) is 0 Å². The molecule has 2 aliphatic rings. The zero-order chi connectivity index (χ0) is 30.2.